The molecule has 1 aliphatic rings. The summed E-state index contributed by atoms with van der Waals surface area (Å²) in [5, 5.41) is 2.55. The van der Waals surface area contributed by atoms with Crippen LogP contribution in [0.2, 0.25) is 5.02 Å². The molecule has 0 atom stereocenters. The van der Waals surface area contributed by atoms with Crippen molar-refractivity contribution in [3.05, 3.63) is 47.0 Å². The molecule has 2 aromatic rings. The summed E-state index contributed by atoms with van der Waals surface area (Å²) in [5.41, 5.74) is 0.655. The Hall–Kier alpha value is -2.74. The van der Waals surface area contributed by atoms with Gasteiger partial charge in [0.15, 0.2) is 0 Å². The Kier molecular flexibility index (Phi) is 5.32. The van der Waals surface area contributed by atoms with Gasteiger partial charge in [-0.25, -0.2) is 14.4 Å². The normalized spacial score (nSPS) is 14.3. The van der Waals surface area contributed by atoms with E-state index in [1.807, 2.05) is 4.90 Å². The molecule has 1 saturated heterocycles. The molecule has 0 saturated carbocycles. The van der Waals surface area contributed by atoms with Crippen LogP contribution in [0.5, 0.6) is 0 Å². The number of piperazine rings is 1. The molecule has 1 aromatic heterocycles. The van der Waals surface area contributed by atoms with Gasteiger partial charge in [-0.1, -0.05) is 11.6 Å². The second-order valence-electron chi connectivity index (χ2n) is 5.85. The SMILES string of the molecule is CC(=O)N1CCN(c2ncc(C(=O)Nc3ccc(F)c(Cl)c3)cn2)CC1. The van der Waals surface area contributed by atoms with Crippen molar-refractivity contribution in [1.82, 2.24) is 14.9 Å². The summed E-state index contributed by atoms with van der Waals surface area (Å²) in [6, 6.07) is 3.93. The van der Waals surface area contributed by atoms with Crippen LogP contribution in [-0.2, 0) is 4.79 Å². The van der Waals surface area contributed by atoms with E-state index < -0.39 is 11.7 Å². The van der Waals surface area contributed by atoms with E-state index in [0.29, 0.717) is 37.8 Å². The lowest BCUT2D eigenvalue weighted by Crippen LogP contribution is -2.48. The van der Waals surface area contributed by atoms with E-state index in [4.69, 9.17) is 11.6 Å². The molecule has 0 unspecified atom stereocenters. The number of rotatable bonds is 3. The van der Waals surface area contributed by atoms with Crippen LogP contribution < -0.4 is 10.2 Å². The number of halogens is 2. The van der Waals surface area contributed by atoms with Gasteiger partial charge in [0.2, 0.25) is 11.9 Å². The number of hydrogen-bond donors (Lipinski definition) is 1. The fourth-order valence-corrected chi connectivity index (χ4v) is 2.78. The Balaban J connectivity index is 1.63. The summed E-state index contributed by atoms with van der Waals surface area (Å²) in [5.74, 6) is -0.407. The molecule has 9 heteroatoms. The number of aromatic nitrogens is 2. The quantitative estimate of drug-likeness (QED) is 0.887. The van der Waals surface area contributed by atoms with Crippen LogP contribution in [0.4, 0.5) is 16.0 Å². The van der Waals surface area contributed by atoms with Crippen molar-refractivity contribution in [1.29, 1.82) is 0 Å². The van der Waals surface area contributed by atoms with E-state index in [0.717, 1.165) is 0 Å². The number of nitrogens with one attached hydrogen (secondary N) is 1. The summed E-state index contributed by atoms with van der Waals surface area (Å²) in [7, 11) is 0. The number of nitrogens with zero attached hydrogens (tertiary/aromatic N) is 4. The minimum atomic E-state index is -0.553. The molecule has 0 radical (unpaired) electrons. The molecule has 2 amide bonds. The highest BCUT2D eigenvalue weighted by Gasteiger charge is 2.20. The smallest absolute Gasteiger partial charge is 0.258 e. The van der Waals surface area contributed by atoms with Crippen molar-refractivity contribution in [2.75, 3.05) is 36.4 Å². The fraction of sp³-hybridized carbons (Fsp3) is 0.294. The Morgan fingerprint density at radius 1 is 1.15 bits per heavy atom. The second-order valence-corrected chi connectivity index (χ2v) is 6.26. The minimum Gasteiger partial charge on any atom is -0.339 e. The molecule has 1 aromatic carbocycles. The maximum atomic E-state index is 13.2. The van der Waals surface area contributed by atoms with Crippen LogP contribution in [0, 0.1) is 5.82 Å². The number of carbonyl (C=O) groups excluding carboxylic acids is 2. The monoisotopic (exact) mass is 377 g/mol. The number of anilines is 2. The highest BCUT2D eigenvalue weighted by Crippen LogP contribution is 2.20. The van der Waals surface area contributed by atoms with Crippen LogP contribution in [0.25, 0.3) is 0 Å². The second kappa shape index (κ2) is 7.65. The number of carbonyl (C=O) groups is 2. The van der Waals surface area contributed by atoms with Crippen molar-refractivity contribution in [3.8, 4) is 0 Å². The van der Waals surface area contributed by atoms with Gasteiger partial charge in [0.05, 0.1) is 10.6 Å². The summed E-state index contributed by atoms with van der Waals surface area (Å²) in [6.07, 6.45) is 2.86. The van der Waals surface area contributed by atoms with Gasteiger partial charge >= 0.3 is 0 Å². The summed E-state index contributed by atoms with van der Waals surface area (Å²) in [6.45, 7) is 4.06. The topological polar surface area (TPSA) is 78.4 Å². The van der Waals surface area contributed by atoms with E-state index >= 15 is 0 Å². The third-order valence-electron chi connectivity index (χ3n) is 4.09. The first-order valence-corrected chi connectivity index (χ1v) is 8.41. The maximum absolute atomic E-state index is 13.2. The number of hydrogen-bond acceptors (Lipinski definition) is 5. The van der Waals surface area contributed by atoms with Gasteiger partial charge in [0.1, 0.15) is 5.82 Å². The van der Waals surface area contributed by atoms with E-state index in [1.165, 1.54) is 30.6 Å². The molecule has 136 valence electrons. The molecule has 0 aliphatic carbocycles. The van der Waals surface area contributed by atoms with Crippen LogP contribution in [-0.4, -0.2) is 52.9 Å². The van der Waals surface area contributed by atoms with Crippen LogP contribution in [0.15, 0.2) is 30.6 Å². The standard InChI is InChI=1S/C17H17ClFN5O2/c1-11(25)23-4-6-24(7-5-23)17-20-9-12(10-21-17)16(26)22-13-2-3-15(19)14(18)8-13/h2-3,8-10H,4-7H2,1H3,(H,22,26). The maximum Gasteiger partial charge on any atom is 0.258 e. The van der Waals surface area contributed by atoms with Gasteiger partial charge in [0.25, 0.3) is 5.91 Å². The average Bonchev–Trinajstić information content (AvgIpc) is 2.65. The van der Waals surface area contributed by atoms with Crippen LogP contribution in [0.3, 0.4) is 0 Å². The zero-order valence-corrected chi connectivity index (χ0v) is 14.8. The van der Waals surface area contributed by atoms with Gasteiger partial charge in [-0.2, -0.15) is 0 Å². The third kappa shape index (κ3) is 4.08. The first-order chi connectivity index (χ1) is 12.4. The van der Waals surface area contributed by atoms with Gasteiger partial charge in [-0.3, -0.25) is 9.59 Å². The molecule has 0 spiro atoms. The highest BCUT2D eigenvalue weighted by molar-refractivity contribution is 6.31. The van der Waals surface area contributed by atoms with E-state index in [-0.39, 0.29) is 16.5 Å². The summed E-state index contributed by atoms with van der Waals surface area (Å²) in [4.78, 5) is 35.8. The molecule has 1 fully saturated rings. The van der Waals surface area contributed by atoms with Gasteiger partial charge in [-0.15, -0.1) is 0 Å². The van der Waals surface area contributed by atoms with E-state index in [9.17, 15) is 14.0 Å². The summed E-state index contributed by atoms with van der Waals surface area (Å²) >= 11 is 5.70. The summed E-state index contributed by atoms with van der Waals surface area (Å²) < 4.78 is 13.2. The molecule has 7 nitrogen and oxygen atoms in total. The first-order valence-electron chi connectivity index (χ1n) is 8.03. The molecule has 1 aliphatic heterocycles. The van der Waals surface area contributed by atoms with Crippen molar-refractivity contribution < 1.29 is 14.0 Å². The Labute approximate surface area is 154 Å². The number of benzene rings is 1. The predicted octanol–water partition coefficient (Wildman–Crippen LogP) is 2.19. The average molecular weight is 378 g/mol. The highest BCUT2D eigenvalue weighted by atomic mass is 35.5. The fourth-order valence-electron chi connectivity index (χ4n) is 2.60. The largest absolute Gasteiger partial charge is 0.339 e. The van der Waals surface area contributed by atoms with Gasteiger partial charge in [-0.05, 0) is 18.2 Å². The Morgan fingerprint density at radius 3 is 2.38 bits per heavy atom. The lowest BCUT2D eigenvalue weighted by atomic mass is 10.2. The Morgan fingerprint density at radius 2 is 1.81 bits per heavy atom. The van der Waals surface area contributed by atoms with Crippen LogP contribution in [0.1, 0.15) is 17.3 Å². The van der Waals surface area contributed by atoms with Crippen molar-refractivity contribution in [2.24, 2.45) is 0 Å². The van der Waals surface area contributed by atoms with Crippen molar-refractivity contribution in [2.45, 2.75) is 6.92 Å². The zero-order valence-electron chi connectivity index (χ0n) is 14.1. The number of amides is 2. The minimum absolute atomic E-state index is 0.0542. The molecular formula is C17H17ClFN5O2. The van der Waals surface area contributed by atoms with E-state index in [1.54, 1.807) is 11.8 Å². The van der Waals surface area contributed by atoms with Gasteiger partial charge in [0, 0.05) is 51.2 Å². The molecule has 2 heterocycles. The van der Waals surface area contributed by atoms with Crippen molar-refractivity contribution >= 4 is 35.1 Å². The lowest BCUT2D eigenvalue weighted by molar-refractivity contribution is -0.129. The predicted molar refractivity (Wildman–Crippen MR) is 95.9 cm³/mol. The third-order valence-corrected chi connectivity index (χ3v) is 4.38. The van der Waals surface area contributed by atoms with Crippen molar-refractivity contribution in [3.63, 3.8) is 0 Å². The van der Waals surface area contributed by atoms with Gasteiger partial charge < -0.3 is 15.1 Å². The van der Waals surface area contributed by atoms with Crippen LogP contribution >= 0.6 is 11.6 Å². The van der Waals surface area contributed by atoms with E-state index in [2.05, 4.69) is 15.3 Å². The molecular weight excluding hydrogens is 361 g/mol. The zero-order chi connectivity index (χ0) is 18.7. The lowest BCUT2D eigenvalue weighted by Gasteiger charge is -2.34. The molecule has 26 heavy (non-hydrogen) atoms. The Bertz CT molecular complexity index is 822. The molecule has 0 bridgehead atoms. The first kappa shape index (κ1) is 18.1. The molecule has 3 rings (SSSR count). The molecule has 1 N–H and O–H groups in total.